The van der Waals surface area contributed by atoms with E-state index in [9.17, 15) is 4.57 Å². The summed E-state index contributed by atoms with van der Waals surface area (Å²) in [6, 6.07) is 8.07. The van der Waals surface area contributed by atoms with Gasteiger partial charge in [0.1, 0.15) is 10.9 Å². The zero-order valence-electron chi connectivity index (χ0n) is 15.3. The molecule has 0 radical (unpaired) electrons. The molecule has 0 aliphatic carbocycles. The molecular formula is C18H23N2O4PS. The van der Waals surface area contributed by atoms with Gasteiger partial charge in [0.15, 0.2) is 5.16 Å². The van der Waals surface area contributed by atoms with E-state index >= 15 is 0 Å². The maximum Gasteiger partial charge on any atom is 0.362 e. The molecule has 0 N–H and O–H groups in total. The van der Waals surface area contributed by atoms with Gasteiger partial charge < -0.3 is 18.4 Å². The lowest BCUT2D eigenvalue weighted by Crippen LogP contribution is -2.40. The van der Waals surface area contributed by atoms with E-state index in [0.29, 0.717) is 18.5 Å². The van der Waals surface area contributed by atoms with E-state index in [1.54, 1.807) is 18.0 Å². The number of hydrogen-bond donors (Lipinski definition) is 0. The van der Waals surface area contributed by atoms with E-state index < -0.39 is 12.3 Å². The monoisotopic (exact) mass is 394 g/mol. The summed E-state index contributed by atoms with van der Waals surface area (Å²) in [4.78, 5) is 4.78. The van der Waals surface area contributed by atoms with E-state index in [1.807, 2.05) is 39.0 Å². The molecule has 1 aromatic carbocycles. The molecule has 1 aromatic heterocycles. The standard InChI is InChI=1S/C18H23N2O4PS/c1-5-23-25(21,24-6-2)16-11-22-13(4)18(16)12(3)20-15-10-8-7-9-14(15)19-17(20)26-18/h7-13H,5-6H2,1-4H3. The van der Waals surface area contributed by atoms with Crippen molar-refractivity contribution in [1.29, 1.82) is 0 Å². The molecule has 0 saturated carbocycles. The smallest absolute Gasteiger partial charge is 0.362 e. The van der Waals surface area contributed by atoms with Gasteiger partial charge in [-0.3, -0.25) is 4.57 Å². The predicted octanol–water partition coefficient (Wildman–Crippen LogP) is 4.97. The molecule has 0 fully saturated rings. The molecule has 2 aliphatic rings. The Labute approximate surface area is 157 Å². The van der Waals surface area contributed by atoms with Crippen LogP contribution >= 0.6 is 19.4 Å². The van der Waals surface area contributed by atoms with Crippen LogP contribution in [0.25, 0.3) is 11.0 Å². The van der Waals surface area contributed by atoms with Crippen molar-refractivity contribution >= 4 is 30.4 Å². The van der Waals surface area contributed by atoms with E-state index in [1.165, 1.54) is 0 Å². The Hall–Kier alpha value is -1.27. The SMILES string of the molecule is CCOP(=O)(OCC)C1=COC(C)C12Sc1nc3ccccc3n1C2C. The highest BCUT2D eigenvalue weighted by atomic mass is 32.2. The number of para-hydroxylation sites is 2. The van der Waals surface area contributed by atoms with Crippen LogP contribution in [0.1, 0.15) is 33.7 Å². The first-order chi connectivity index (χ1) is 12.5. The minimum absolute atomic E-state index is 0.00659. The number of imidazole rings is 1. The summed E-state index contributed by atoms with van der Waals surface area (Å²) >= 11 is 1.60. The molecule has 2 aliphatic heterocycles. The van der Waals surface area contributed by atoms with Crippen LogP contribution in [-0.2, 0) is 18.3 Å². The van der Waals surface area contributed by atoms with Crippen molar-refractivity contribution in [3.05, 3.63) is 35.8 Å². The van der Waals surface area contributed by atoms with Crippen LogP contribution in [0.5, 0.6) is 0 Å². The number of thioether (sulfide) groups is 1. The first kappa shape index (κ1) is 18.1. The summed E-state index contributed by atoms with van der Waals surface area (Å²) in [6.45, 7) is 8.39. The zero-order chi connectivity index (χ0) is 18.5. The van der Waals surface area contributed by atoms with Gasteiger partial charge in [-0.1, -0.05) is 23.9 Å². The van der Waals surface area contributed by atoms with Crippen molar-refractivity contribution in [2.45, 2.75) is 49.7 Å². The highest BCUT2D eigenvalue weighted by Gasteiger charge is 2.62. The van der Waals surface area contributed by atoms with Crippen molar-refractivity contribution in [1.82, 2.24) is 9.55 Å². The molecule has 4 rings (SSSR count). The molecule has 0 amide bonds. The molecule has 6 nitrogen and oxygen atoms in total. The van der Waals surface area contributed by atoms with Gasteiger partial charge in [-0.25, -0.2) is 4.98 Å². The van der Waals surface area contributed by atoms with Crippen molar-refractivity contribution in [3.8, 4) is 0 Å². The Bertz CT molecular complexity index is 917. The Morgan fingerprint density at radius 2 is 1.96 bits per heavy atom. The number of nitrogens with zero attached hydrogens (tertiary/aromatic N) is 2. The normalized spacial score (nSPS) is 27.8. The third kappa shape index (κ3) is 2.34. The Morgan fingerprint density at radius 1 is 1.27 bits per heavy atom. The second-order valence-electron chi connectivity index (χ2n) is 6.44. The second kappa shape index (κ2) is 6.41. The largest absolute Gasteiger partial charge is 0.496 e. The quantitative estimate of drug-likeness (QED) is 0.668. The van der Waals surface area contributed by atoms with Gasteiger partial charge in [-0.2, -0.15) is 0 Å². The van der Waals surface area contributed by atoms with Gasteiger partial charge in [-0.15, -0.1) is 0 Å². The fraction of sp³-hybridized carbons (Fsp3) is 0.500. The number of rotatable bonds is 5. The van der Waals surface area contributed by atoms with Crippen LogP contribution in [0.2, 0.25) is 0 Å². The Balaban J connectivity index is 1.84. The molecule has 3 atom stereocenters. The lowest BCUT2D eigenvalue weighted by molar-refractivity contribution is 0.148. The van der Waals surface area contributed by atoms with E-state index in [0.717, 1.165) is 16.2 Å². The molecule has 3 unspecified atom stereocenters. The van der Waals surface area contributed by atoms with E-state index in [-0.39, 0.29) is 12.1 Å². The molecule has 8 heteroatoms. The van der Waals surface area contributed by atoms with Gasteiger partial charge in [0.25, 0.3) is 0 Å². The lowest BCUT2D eigenvalue weighted by Gasteiger charge is -2.35. The van der Waals surface area contributed by atoms with Crippen molar-refractivity contribution < 1.29 is 18.3 Å². The first-order valence-corrected chi connectivity index (χ1v) is 11.3. The summed E-state index contributed by atoms with van der Waals surface area (Å²) in [5.41, 5.74) is 2.03. The van der Waals surface area contributed by atoms with Crippen LogP contribution in [0.3, 0.4) is 0 Å². The zero-order valence-corrected chi connectivity index (χ0v) is 17.0. The molecule has 2 aromatic rings. The van der Waals surface area contributed by atoms with Crippen LogP contribution in [0.15, 0.2) is 41.0 Å². The highest BCUT2D eigenvalue weighted by molar-refractivity contribution is 8.01. The van der Waals surface area contributed by atoms with E-state index in [4.69, 9.17) is 18.8 Å². The molecule has 26 heavy (non-hydrogen) atoms. The number of aromatic nitrogens is 2. The van der Waals surface area contributed by atoms with E-state index in [2.05, 4.69) is 17.6 Å². The average molecular weight is 394 g/mol. The van der Waals surface area contributed by atoms with Gasteiger partial charge in [0.05, 0.1) is 41.9 Å². The van der Waals surface area contributed by atoms with Crippen LogP contribution < -0.4 is 0 Å². The molecule has 0 saturated heterocycles. The minimum atomic E-state index is -3.45. The number of ether oxygens (including phenoxy) is 1. The topological polar surface area (TPSA) is 62.6 Å². The third-order valence-corrected chi connectivity index (χ3v) is 9.23. The molecule has 140 valence electrons. The van der Waals surface area contributed by atoms with Crippen LogP contribution in [-0.4, -0.2) is 33.6 Å². The maximum atomic E-state index is 13.6. The van der Waals surface area contributed by atoms with Crippen LogP contribution in [0, 0.1) is 0 Å². The second-order valence-corrected chi connectivity index (χ2v) is 9.68. The summed E-state index contributed by atoms with van der Waals surface area (Å²) in [7, 11) is -3.45. The summed E-state index contributed by atoms with van der Waals surface area (Å²) in [5.74, 6) is 0. The fourth-order valence-corrected chi connectivity index (χ4v) is 7.89. The molecular weight excluding hydrogens is 371 g/mol. The number of hydrogen-bond acceptors (Lipinski definition) is 6. The molecule has 1 spiro atoms. The third-order valence-electron chi connectivity index (χ3n) is 5.11. The summed E-state index contributed by atoms with van der Waals surface area (Å²) < 4.78 is 32.4. The maximum absolute atomic E-state index is 13.6. The van der Waals surface area contributed by atoms with Gasteiger partial charge >= 0.3 is 7.60 Å². The Kier molecular flexibility index (Phi) is 4.47. The highest BCUT2D eigenvalue weighted by Crippen LogP contribution is 2.70. The van der Waals surface area contributed by atoms with Gasteiger partial charge in [0, 0.05) is 0 Å². The number of benzene rings is 1. The average Bonchev–Trinajstić information content (AvgIpc) is 3.22. The lowest BCUT2D eigenvalue weighted by atomic mass is 9.95. The predicted molar refractivity (Wildman–Crippen MR) is 103 cm³/mol. The van der Waals surface area contributed by atoms with Gasteiger partial charge in [0.2, 0.25) is 0 Å². The Morgan fingerprint density at radius 3 is 2.65 bits per heavy atom. The van der Waals surface area contributed by atoms with Crippen molar-refractivity contribution in [2.24, 2.45) is 0 Å². The fourth-order valence-electron chi connectivity index (χ4n) is 3.95. The molecule has 3 heterocycles. The first-order valence-electron chi connectivity index (χ1n) is 8.89. The summed E-state index contributed by atoms with van der Waals surface area (Å²) in [5, 5.41) is 1.51. The molecule has 0 bridgehead atoms. The van der Waals surface area contributed by atoms with Gasteiger partial charge in [-0.05, 0) is 39.8 Å². The minimum Gasteiger partial charge on any atom is -0.496 e. The van der Waals surface area contributed by atoms with Crippen molar-refractivity contribution in [2.75, 3.05) is 13.2 Å². The summed E-state index contributed by atoms with van der Waals surface area (Å²) in [6.07, 6.45) is 1.42. The van der Waals surface area contributed by atoms with Crippen LogP contribution in [0.4, 0.5) is 0 Å². The van der Waals surface area contributed by atoms with Crippen molar-refractivity contribution in [3.63, 3.8) is 0 Å². The number of fused-ring (bicyclic) bond motifs is 3.